The number of pyridine rings is 1. The standard InChI is InChI=1S/C12H16N2O/c1-8(2)10-7-13-14-11(10)6-5-9(3)12(14)15-4/h5-8H,1-4H3. The van der Waals surface area contributed by atoms with Crippen molar-refractivity contribution in [1.82, 2.24) is 9.61 Å². The number of fused-ring (bicyclic) bond motifs is 1. The summed E-state index contributed by atoms with van der Waals surface area (Å²) in [6.07, 6.45) is 1.92. The molecule has 0 bridgehead atoms. The van der Waals surface area contributed by atoms with Crippen LogP contribution in [-0.4, -0.2) is 16.7 Å². The summed E-state index contributed by atoms with van der Waals surface area (Å²) in [4.78, 5) is 0. The van der Waals surface area contributed by atoms with Gasteiger partial charge in [-0.3, -0.25) is 0 Å². The van der Waals surface area contributed by atoms with Gasteiger partial charge in [0.25, 0.3) is 0 Å². The van der Waals surface area contributed by atoms with Crippen molar-refractivity contribution in [3.05, 3.63) is 29.5 Å². The second-order valence-corrected chi connectivity index (χ2v) is 4.08. The monoisotopic (exact) mass is 204 g/mol. The van der Waals surface area contributed by atoms with Crippen LogP contribution in [0.4, 0.5) is 0 Å². The number of ether oxygens (including phenoxy) is 1. The Hall–Kier alpha value is -1.51. The number of hydrogen-bond acceptors (Lipinski definition) is 2. The third-order valence-corrected chi connectivity index (χ3v) is 2.67. The minimum absolute atomic E-state index is 0.481. The largest absolute Gasteiger partial charge is 0.481 e. The Morgan fingerprint density at radius 2 is 2.07 bits per heavy atom. The van der Waals surface area contributed by atoms with Crippen LogP contribution in [0.3, 0.4) is 0 Å². The highest BCUT2D eigenvalue weighted by Crippen LogP contribution is 2.25. The van der Waals surface area contributed by atoms with Gasteiger partial charge in [-0.25, -0.2) is 4.52 Å². The molecule has 0 aliphatic heterocycles. The van der Waals surface area contributed by atoms with Crippen LogP contribution in [-0.2, 0) is 0 Å². The van der Waals surface area contributed by atoms with E-state index in [0.717, 1.165) is 17.0 Å². The van der Waals surface area contributed by atoms with Crippen molar-refractivity contribution in [1.29, 1.82) is 0 Å². The van der Waals surface area contributed by atoms with E-state index < -0.39 is 0 Å². The smallest absolute Gasteiger partial charge is 0.217 e. The zero-order valence-corrected chi connectivity index (χ0v) is 9.61. The highest BCUT2D eigenvalue weighted by Gasteiger charge is 2.11. The lowest BCUT2D eigenvalue weighted by Gasteiger charge is -2.08. The number of methoxy groups -OCH3 is 1. The zero-order valence-electron chi connectivity index (χ0n) is 9.61. The van der Waals surface area contributed by atoms with Crippen molar-refractivity contribution in [2.45, 2.75) is 26.7 Å². The number of rotatable bonds is 2. The van der Waals surface area contributed by atoms with Crippen molar-refractivity contribution in [2.24, 2.45) is 0 Å². The van der Waals surface area contributed by atoms with Gasteiger partial charge in [-0.2, -0.15) is 5.10 Å². The molecule has 0 radical (unpaired) electrons. The van der Waals surface area contributed by atoms with Gasteiger partial charge in [-0.05, 0) is 18.9 Å². The van der Waals surface area contributed by atoms with E-state index in [0.29, 0.717) is 5.92 Å². The Kier molecular flexibility index (Phi) is 2.39. The molecule has 0 aromatic carbocycles. The molecule has 0 amide bonds. The van der Waals surface area contributed by atoms with Crippen LogP contribution >= 0.6 is 0 Å². The maximum atomic E-state index is 5.35. The first-order valence-electron chi connectivity index (χ1n) is 5.16. The molecule has 0 atom stereocenters. The minimum Gasteiger partial charge on any atom is -0.481 e. The summed E-state index contributed by atoms with van der Waals surface area (Å²) in [6, 6.07) is 4.17. The predicted octanol–water partition coefficient (Wildman–Crippen LogP) is 2.77. The van der Waals surface area contributed by atoms with Gasteiger partial charge >= 0.3 is 0 Å². The lowest BCUT2D eigenvalue weighted by Crippen LogP contribution is -1.98. The third kappa shape index (κ3) is 1.48. The van der Waals surface area contributed by atoms with E-state index in [1.165, 1.54) is 5.56 Å². The highest BCUT2D eigenvalue weighted by atomic mass is 16.5. The third-order valence-electron chi connectivity index (χ3n) is 2.67. The fourth-order valence-electron chi connectivity index (χ4n) is 1.83. The Morgan fingerprint density at radius 1 is 1.33 bits per heavy atom. The van der Waals surface area contributed by atoms with Crippen LogP contribution in [0.5, 0.6) is 5.88 Å². The van der Waals surface area contributed by atoms with Gasteiger partial charge in [-0.1, -0.05) is 19.9 Å². The molecule has 2 aromatic heterocycles. The number of hydrogen-bond donors (Lipinski definition) is 0. The van der Waals surface area contributed by atoms with E-state index in [1.807, 2.05) is 17.6 Å². The van der Waals surface area contributed by atoms with Gasteiger partial charge in [0.1, 0.15) is 0 Å². The van der Waals surface area contributed by atoms with E-state index >= 15 is 0 Å². The number of nitrogens with zero attached hydrogens (tertiary/aromatic N) is 2. The first-order chi connectivity index (χ1) is 7.15. The SMILES string of the molecule is COc1c(C)ccc2c(C(C)C)cnn12. The Bertz CT molecular complexity index is 486. The van der Waals surface area contributed by atoms with Gasteiger partial charge in [0.05, 0.1) is 18.8 Å². The molecule has 2 aromatic rings. The van der Waals surface area contributed by atoms with Crippen LogP contribution in [0.25, 0.3) is 5.52 Å². The first-order valence-corrected chi connectivity index (χ1v) is 5.16. The van der Waals surface area contributed by atoms with Crippen LogP contribution < -0.4 is 4.74 Å². The van der Waals surface area contributed by atoms with Gasteiger partial charge in [0.2, 0.25) is 5.88 Å². The molecule has 2 heterocycles. The van der Waals surface area contributed by atoms with Crippen molar-refractivity contribution < 1.29 is 4.74 Å². The van der Waals surface area contributed by atoms with E-state index in [-0.39, 0.29) is 0 Å². The van der Waals surface area contributed by atoms with Gasteiger partial charge in [0.15, 0.2) is 0 Å². The molecular weight excluding hydrogens is 188 g/mol. The van der Waals surface area contributed by atoms with Crippen LogP contribution in [0, 0.1) is 6.92 Å². The summed E-state index contributed by atoms with van der Waals surface area (Å²) < 4.78 is 7.22. The molecule has 0 N–H and O–H groups in total. The molecule has 3 nitrogen and oxygen atoms in total. The fourth-order valence-corrected chi connectivity index (χ4v) is 1.83. The Morgan fingerprint density at radius 3 is 2.67 bits per heavy atom. The second-order valence-electron chi connectivity index (χ2n) is 4.08. The molecule has 0 saturated carbocycles. The number of aromatic nitrogens is 2. The van der Waals surface area contributed by atoms with Crippen LogP contribution in [0.2, 0.25) is 0 Å². The molecule has 0 spiro atoms. The molecule has 0 unspecified atom stereocenters. The van der Waals surface area contributed by atoms with E-state index in [4.69, 9.17) is 4.74 Å². The molecule has 3 heteroatoms. The van der Waals surface area contributed by atoms with E-state index in [2.05, 4.69) is 31.1 Å². The van der Waals surface area contributed by atoms with Crippen molar-refractivity contribution in [3.63, 3.8) is 0 Å². The molecular formula is C12H16N2O. The summed E-state index contributed by atoms with van der Waals surface area (Å²) in [6.45, 7) is 6.36. The molecule has 80 valence electrons. The van der Waals surface area contributed by atoms with Gasteiger partial charge < -0.3 is 4.74 Å². The van der Waals surface area contributed by atoms with Crippen molar-refractivity contribution in [3.8, 4) is 5.88 Å². The topological polar surface area (TPSA) is 26.5 Å². The lowest BCUT2D eigenvalue weighted by molar-refractivity contribution is 0.382. The zero-order chi connectivity index (χ0) is 11.0. The summed E-state index contributed by atoms with van der Waals surface area (Å²) >= 11 is 0. The quantitative estimate of drug-likeness (QED) is 0.752. The average Bonchev–Trinajstić information content (AvgIpc) is 2.61. The second kappa shape index (κ2) is 3.57. The van der Waals surface area contributed by atoms with Crippen molar-refractivity contribution >= 4 is 5.52 Å². The van der Waals surface area contributed by atoms with Gasteiger partial charge in [-0.15, -0.1) is 0 Å². The summed E-state index contributed by atoms with van der Waals surface area (Å²) in [5.74, 6) is 1.30. The Labute approximate surface area is 89.7 Å². The van der Waals surface area contributed by atoms with Crippen LogP contribution in [0.1, 0.15) is 30.9 Å². The maximum Gasteiger partial charge on any atom is 0.217 e. The average molecular weight is 204 g/mol. The molecule has 0 fully saturated rings. The van der Waals surface area contributed by atoms with E-state index in [1.54, 1.807) is 7.11 Å². The van der Waals surface area contributed by atoms with Gasteiger partial charge in [0, 0.05) is 11.1 Å². The highest BCUT2D eigenvalue weighted by molar-refractivity contribution is 5.58. The summed E-state index contributed by atoms with van der Waals surface area (Å²) in [5, 5.41) is 4.36. The fraction of sp³-hybridized carbons (Fsp3) is 0.417. The first kappa shape index (κ1) is 10.0. The molecule has 2 rings (SSSR count). The Balaban J connectivity index is 2.74. The minimum atomic E-state index is 0.481. The molecule has 15 heavy (non-hydrogen) atoms. The normalized spacial score (nSPS) is 11.3. The summed E-state index contributed by atoms with van der Waals surface area (Å²) in [5.41, 5.74) is 3.49. The summed E-state index contributed by atoms with van der Waals surface area (Å²) in [7, 11) is 1.68. The molecule has 0 aliphatic rings. The molecule has 0 aliphatic carbocycles. The van der Waals surface area contributed by atoms with E-state index in [9.17, 15) is 0 Å². The maximum absolute atomic E-state index is 5.35. The predicted molar refractivity (Wildman–Crippen MR) is 60.6 cm³/mol. The van der Waals surface area contributed by atoms with Crippen LogP contribution in [0.15, 0.2) is 18.3 Å². The number of aryl methyl sites for hydroxylation is 1. The lowest BCUT2D eigenvalue weighted by atomic mass is 10.1. The molecule has 0 saturated heterocycles. The van der Waals surface area contributed by atoms with Crippen molar-refractivity contribution in [2.75, 3.05) is 7.11 Å².